The Morgan fingerprint density at radius 2 is 2.03 bits per heavy atom. The highest BCUT2D eigenvalue weighted by Gasteiger charge is 2.26. The molecule has 0 radical (unpaired) electrons. The van der Waals surface area contributed by atoms with Gasteiger partial charge in [0, 0.05) is 41.5 Å². The molecule has 0 spiro atoms. The van der Waals surface area contributed by atoms with Crippen LogP contribution in [0.4, 0.5) is 4.79 Å². The second-order valence-electron chi connectivity index (χ2n) is 8.40. The van der Waals surface area contributed by atoms with Gasteiger partial charge in [0.15, 0.2) is 0 Å². The molecule has 1 aromatic carbocycles. The SMILES string of the molecule is CN1C=C(Br)C=CC1CSc1c(Cl)ccc2c1CCN(C(=O)OC(C)(C)C)CC2. The molecule has 0 aromatic heterocycles. The van der Waals surface area contributed by atoms with Crippen LogP contribution < -0.4 is 0 Å². The standard InChI is InChI=1S/C22H28BrClN2O2S/c1-22(2,3)28-21(27)26-11-9-15-5-8-19(24)20(18(15)10-12-26)29-14-17-7-6-16(23)13-25(17)4/h5-8,13,17H,9-12,14H2,1-4H3. The summed E-state index contributed by atoms with van der Waals surface area (Å²) in [5.74, 6) is 0.912. The van der Waals surface area contributed by atoms with E-state index in [1.54, 1.807) is 11.8 Å². The summed E-state index contributed by atoms with van der Waals surface area (Å²) in [6.07, 6.45) is 7.76. The maximum absolute atomic E-state index is 12.5. The monoisotopic (exact) mass is 498 g/mol. The normalized spacial score (nSPS) is 19.5. The number of ether oxygens (including phenoxy) is 1. The highest BCUT2D eigenvalue weighted by Crippen LogP contribution is 2.36. The summed E-state index contributed by atoms with van der Waals surface area (Å²) in [7, 11) is 2.09. The zero-order chi connectivity index (χ0) is 21.2. The van der Waals surface area contributed by atoms with Crippen LogP contribution in [-0.4, -0.2) is 53.4 Å². The van der Waals surface area contributed by atoms with Gasteiger partial charge in [-0.3, -0.25) is 0 Å². The number of halogens is 2. The fraction of sp³-hybridized carbons (Fsp3) is 0.500. The van der Waals surface area contributed by atoms with Gasteiger partial charge in [0.05, 0.1) is 11.1 Å². The molecular weight excluding hydrogens is 472 g/mol. The molecule has 0 fully saturated rings. The summed E-state index contributed by atoms with van der Waals surface area (Å²) in [4.78, 5) is 17.7. The number of rotatable bonds is 3. The number of hydrogen-bond donors (Lipinski definition) is 0. The van der Waals surface area contributed by atoms with Gasteiger partial charge >= 0.3 is 6.09 Å². The average molecular weight is 500 g/mol. The third-order valence-electron chi connectivity index (χ3n) is 4.97. The maximum atomic E-state index is 12.5. The fourth-order valence-electron chi connectivity index (χ4n) is 3.44. The van der Waals surface area contributed by atoms with Gasteiger partial charge in [-0.05, 0) is 72.8 Å². The minimum absolute atomic E-state index is 0.239. The molecule has 0 aliphatic carbocycles. The Morgan fingerprint density at radius 1 is 1.31 bits per heavy atom. The molecule has 1 atom stereocenters. The largest absolute Gasteiger partial charge is 0.444 e. The lowest BCUT2D eigenvalue weighted by Gasteiger charge is -2.27. The van der Waals surface area contributed by atoms with Crippen molar-refractivity contribution in [1.29, 1.82) is 0 Å². The number of amides is 1. The number of thioether (sulfide) groups is 1. The van der Waals surface area contributed by atoms with Crippen molar-refractivity contribution in [2.24, 2.45) is 0 Å². The first kappa shape index (κ1) is 22.6. The van der Waals surface area contributed by atoms with E-state index in [1.807, 2.05) is 31.7 Å². The number of carbonyl (C=O) groups excluding carboxylic acids is 1. The molecule has 1 unspecified atom stereocenters. The van der Waals surface area contributed by atoms with E-state index in [1.165, 1.54) is 11.1 Å². The van der Waals surface area contributed by atoms with Crippen molar-refractivity contribution in [2.45, 2.75) is 50.2 Å². The first-order valence-electron chi connectivity index (χ1n) is 9.82. The molecule has 1 aromatic rings. The highest BCUT2D eigenvalue weighted by molar-refractivity contribution is 9.11. The quantitative estimate of drug-likeness (QED) is 0.487. The van der Waals surface area contributed by atoms with Gasteiger partial charge in [-0.25, -0.2) is 4.79 Å². The molecular formula is C22H28BrClN2O2S. The zero-order valence-corrected chi connectivity index (χ0v) is 20.5. The summed E-state index contributed by atoms with van der Waals surface area (Å²) in [5.41, 5.74) is 2.06. The number of allylic oxidation sites excluding steroid dienone is 2. The summed E-state index contributed by atoms with van der Waals surface area (Å²) in [6, 6.07) is 4.41. The van der Waals surface area contributed by atoms with Crippen molar-refractivity contribution in [3.8, 4) is 0 Å². The third kappa shape index (κ3) is 5.96. The van der Waals surface area contributed by atoms with E-state index in [2.05, 4.69) is 52.3 Å². The molecule has 2 aliphatic heterocycles. The molecule has 3 rings (SSSR count). The number of hydrogen-bond acceptors (Lipinski definition) is 4. The smallest absolute Gasteiger partial charge is 0.410 e. The molecule has 0 saturated heterocycles. The minimum atomic E-state index is -0.483. The van der Waals surface area contributed by atoms with Crippen LogP contribution in [0.1, 0.15) is 31.9 Å². The van der Waals surface area contributed by atoms with Crippen LogP contribution in [0, 0.1) is 0 Å². The lowest BCUT2D eigenvalue weighted by Crippen LogP contribution is -2.38. The second-order valence-corrected chi connectivity index (χ2v) is 10.8. The van der Waals surface area contributed by atoms with Crippen LogP contribution in [0.15, 0.2) is 39.9 Å². The first-order valence-corrected chi connectivity index (χ1v) is 12.0. The van der Waals surface area contributed by atoms with Crippen LogP contribution in [-0.2, 0) is 17.6 Å². The van der Waals surface area contributed by atoms with Gasteiger partial charge in [0.1, 0.15) is 5.60 Å². The van der Waals surface area contributed by atoms with E-state index >= 15 is 0 Å². The molecule has 29 heavy (non-hydrogen) atoms. The Labute approximate surface area is 191 Å². The average Bonchev–Trinajstić information content (AvgIpc) is 2.83. The predicted molar refractivity (Wildman–Crippen MR) is 125 cm³/mol. The Kier molecular flexibility index (Phi) is 7.28. The van der Waals surface area contributed by atoms with Gasteiger partial charge in [0.25, 0.3) is 0 Å². The van der Waals surface area contributed by atoms with Crippen molar-refractivity contribution < 1.29 is 9.53 Å². The number of likely N-dealkylation sites (N-methyl/N-ethyl adjacent to an activating group) is 1. The van der Waals surface area contributed by atoms with Crippen LogP contribution in [0.25, 0.3) is 0 Å². The molecule has 4 nitrogen and oxygen atoms in total. The van der Waals surface area contributed by atoms with Crippen LogP contribution in [0.2, 0.25) is 5.02 Å². The van der Waals surface area contributed by atoms with E-state index in [4.69, 9.17) is 16.3 Å². The highest BCUT2D eigenvalue weighted by atomic mass is 79.9. The molecule has 7 heteroatoms. The summed E-state index contributed by atoms with van der Waals surface area (Å²) >= 11 is 11.9. The van der Waals surface area contributed by atoms with Gasteiger partial charge in [-0.1, -0.05) is 23.7 Å². The number of carbonyl (C=O) groups is 1. The first-order chi connectivity index (χ1) is 13.6. The Morgan fingerprint density at radius 3 is 2.72 bits per heavy atom. The topological polar surface area (TPSA) is 32.8 Å². The van der Waals surface area contributed by atoms with E-state index in [-0.39, 0.29) is 6.09 Å². The Bertz CT molecular complexity index is 835. The van der Waals surface area contributed by atoms with Crippen LogP contribution in [0.3, 0.4) is 0 Å². The molecule has 1 amide bonds. The van der Waals surface area contributed by atoms with Crippen molar-refractivity contribution in [2.75, 3.05) is 25.9 Å². The van der Waals surface area contributed by atoms with Gasteiger partial charge in [-0.15, -0.1) is 11.8 Å². The lowest BCUT2D eigenvalue weighted by molar-refractivity contribution is 0.0258. The van der Waals surface area contributed by atoms with Crippen LogP contribution in [0.5, 0.6) is 0 Å². The molecule has 0 saturated carbocycles. The number of fused-ring (bicyclic) bond motifs is 1. The lowest BCUT2D eigenvalue weighted by atomic mass is 10.0. The Hall–Kier alpha value is -1.11. The van der Waals surface area contributed by atoms with Crippen molar-refractivity contribution in [1.82, 2.24) is 9.80 Å². The van der Waals surface area contributed by atoms with Gasteiger partial charge in [-0.2, -0.15) is 0 Å². The third-order valence-corrected chi connectivity index (χ3v) is 7.13. The molecule has 2 aliphatic rings. The van der Waals surface area contributed by atoms with E-state index in [9.17, 15) is 4.79 Å². The molecule has 158 valence electrons. The number of benzene rings is 1. The van der Waals surface area contributed by atoms with Gasteiger partial charge < -0.3 is 14.5 Å². The van der Waals surface area contributed by atoms with E-state index < -0.39 is 5.60 Å². The maximum Gasteiger partial charge on any atom is 0.410 e. The van der Waals surface area contributed by atoms with E-state index in [0.29, 0.717) is 19.1 Å². The Balaban J connectivity index is 1.72. The summed E-state index contributed by atoms with van der Waals surface area (Å²) in [6.45, 7) is 7.01. The van der Waals surface area contributed by atoms with Gasteiger partial charge in [0.2, 0.25) is 0 Å². The predicted octanol–water partition coefficient (Wildman–Crippen LogP) is 5.87. The minimum Gasteiger partial charge on any atom is -0.444 e. The second kappa shape index (κ2) is 9.36. The van der Waals surface area contributed by atoms with Crippen LogP contribution >= 0.6 is 39.3 Å². The fourth-order valence-corrected chi connectivity index (χ4v) is 5.55. The zero-order valence-electron chi connectivity index (χ0n) is 17.4. The molecule has 0 bridgehead atoms. The van der Waals surface area contributed by atoms with E-state index in [0.717, 1.165) is 33.0 Å². The molecule has 0 N–H and O–H groups in total. The summed E-state index contributed by atoms with van der Waals surface area (Å²) in [5, 5.41) is 0.790. The van der Waals surface area contributed by atoms with Crippen molar-refractivity contribution in [3.63, 3.8) is 0 Å². The summed E-state index contributed by atoms with van der Waals surface area (Å²) < 4.78 is 6.64. The number of nitrogens with zero attached hydrogens (tertiary/aromatic N) is 2. The van der Waals surface area contributed by atoms with Crippen molar-refractivity contribution >= 4 is 45.4 Å². The molecule has 2 heterocycles. The van der Waals surface area contributed by atoms with Crippen molar-refractivity contribution in [3.05, 3.63) is 51.1 Å².